The molecular weight excluding hydrogens is 318 g/mol. The number of rotatable bonds is 7. The van der Waals surface area contributed by atoms with Gasteiger partial charge in [-0.1, -0.05) is 92.7 Å². The Morgan fingerprint density at radius 2 is 1.31 bits per heavy atom. The number of para-hydroxylation sites is 1. The molecule has 0 aliphatic carbocycles. The van der Waals surface area contributed by atoms with Gasteiger partial charge in [0.25, 0.3) is 0 Å². The number of anilines is 1. The molecule has 0 radical (unpaired) electrons. The summed E-state index contributed by atoms with van der Waals surface area (Å²) in [6.07, 6.45) is 0. The second kappa shape index (κ2) is 8.01. The molecule has 26 heavy (non-hydrogen) atoms. The molecule has 0 saturated heterocycles. The highest BCUT2D eigenvalue weighted by atomic mass is 16.1. The summed E-state index contributed by atoms with van der Waals surface area (Å²) in [7, 11) is 0. The van der Waals surface area contributed by atoms with Crippen molar-refractivity contribution in [1.29, 1.82) is 0 Å². The van der Waals surface area contributed by atoms with Gasteiger partial charge in [-0.25, -0.2) is 0 Å². The summed E-state index contributed by atoms with van der Waals surface area (Å²) >= 11 is 0. The second-order valence-electron chi connectivity index (χ2n) is 6.91. The number of carbonyl (C=O) groups is 1. The predicted octanol–water partition coefficient (Wildman–Crippen LogP) is 5.58. The maximum absolute atomic E-state index is 13.7. The molecule has 0 fully saturated rings. The van der Waals surface area contributed by atoms with Gasteiger partial charge in [0, 0.05) is 17.8 Å². The van der Waals surface area contributed by atoms with Crippen LogP contribution in [0.3, 0.4) is 0 Å². The predicted molar refractivity (Wildman–Crippen MR) is 109 cm³/mol. The number of benzene rings is 3. The van der Waals surface area contributed by atoms with Gasteiger partial charge in [0.2, 0.25) is 0 Å². The van der Waals surface area contributed by atoms with E-state index in [2.05, 4.69) is 31.3 Å². The normalized spacial score (nSPS) is 13.2. The SMILES string of the molecule is CC(C)[C@](CNc1ccccc1)(C(=O)c1ccccc1)c1ccccc1. The number of nitrogens with one attached hydrogen (secondary N) is 1. The number of hydrogen-bond acceptors (Lipinski definition) is 2. The minimum absolute atomic E-state index is 0.133. The van der Waals surface area contributed by atoms with Gasteiger partial charge in [0.1, 0.15) is 0 Å². The van der Waals surface area contributed by atoms with Crippen LogP contribution < -0.4 is 5.32 Å². The molecule has 0 aliphatic heterocycles. The summed E-state index contributed by atoms with van der Waals surface area (Å²) in [5, 5.41) is 3.50. The van der Waals surface area contributed by atoms with Crippen LogP contribution in [0.1, 0.15) is 29.8 Å². The first-order chi connectivity index (χ1) is 12.6. The van der Waals surface area contributed by atoms with E-state index < -0.39 is 5.41 Å². The van der Waals surface area contributed by atoms with Gasteiger partial charge in [0.15, 0.2) is 5.78 Å². The minimum Gasteiger partial charge on any atom is -0.384 e. The van der Waals surface area contributed by atoms with Crippen molar-refractivity contribution in [2.24, 2.45) is 5.92 Å². The Labute approximate surface area is 155 Å². The number of carbonyl (C=O) groups excluding carboxylic acids is 1. The van der Waals surface area contributed by atoms with Crippen LogP contribution in [0.5, 0.6) is 0 Å². The lowest BCUT2D eigenvalue weighted by Crippen LogP contribution is -2.47. The third kappa shape index (κ3) is 3.55. The van der Waals surface area contributed by atoms with E-state index in [0.29, 0.717) is 6.54 Å². The Morgan fingerprint density at radius 3 is 1.85 bits per heavy atom. The maximum Gasteiger partial charge on any atom is 0.175 e. The van der Waals surface area contributed by atoms with Crippen molar-refractivity contribution in [3.8, 4) is 0 Å². The lowest BCUT2D eigenvalue weighted by molar-refractivity contribution is 0.0847. The van der Waals surface area contributed by atoms with Crippen LogP contribution in [-0.4, -0.2) is 12.3 Å². The molecule has 132 valence electrons. The zero-order valence-corrected chi connectivity index (χ0v) is 15.4. The summed E-state index contributed by atoms with van der Waals surface area (Å²) in [6, 6.07) is 29.8. The summed E-state index contributed by atoms with van der Waals surface area (Å²) in [4.78, 5) is 13.7. The summed E-state index contributed by atoms with van der Waals surface area (Å²) in [5.41, 5.74) is 2.18. The van der Waals surface area contributed by atoms with Crippen LogP contribution in [0.25, 0.3) is 0 Å². The standard InChI is InChI=1S/C24H25NO/c1-19(2)24(21-14-8-4-9-15-21,18-25-22-16-10-5-11-17-22)23(26)20-12-6-3-7-13-20/h3-17,19,25H,18H2,1-2H3/t24-/m0/s1. The van der Waals surface area contributed by atoms with Gasteiger partial charge in [-0.2, -0.15) is 0 Å². The highest BCUT2D eigenvalue weighted by molar-refractivity contribution is 6.04. The smallest absolute Gasteiger partial charge is 0.175 e. The fraction of sp³-hybridized carbons (Fsp3) is 0.208. The van der Waals surface area contributed by atoms with Gasteiger partial charge in [0.05, 0.1) is 5.41 Å². The van der Waals surface area contributed by atoms with Crippen molar-refractivity contribution < 1.29 is 4.79 Å². The van der Waals surface area contributed by atoms with E-state index >= 15 is 0 Å². The Bertz CT molecular complexity index is 828. The van der Waals surface area contributed by atoms with Crippen LogP contribution in [-0.2, 0) is 5.41 Å². The Morgan fingerprint density at radius 1 is 0.808 bits per heavy atom. The molecule has 0 aliphatic rings. The van der Waals surface area contributed by atoms with Gasteiger partial charge >= 0.3 is 0 Å². The summed E-state index contributed by atoms with van der Waals surface area (Å²) in [5.74, 6) is 0.288. The lowest BCUT2D eigenvalue weighted by atomic mass is 9.67. The van der Waals surface area contributed by atoms with E-state index in [-0.39, 0.29) is 11.7 Å². The van der Waals surface area contributed by atoms with Crippen molar-refractivity contribution >= 4 is 11.5 Å². The fourth-order valence-corrected chi connectivity index (χ4v) is 3.49. The molecule has 0 spiro atoms. The minimum atomic E-state index is -0.640. The molecule has 2 heteroatoms. The van der Waals surface area contributed by atoms with Crippen molar-refractivity contribution in [2.45, 2.75) is 19.3 Å². The number of Topliss-reactive ketones (excluding diaryl/α,β-unsaturated/α-hetero) is 1. The van der Waals surface area contributed by atoms with Gasteiger partial charge in [-0.3, -0.25) is 4.79 Å². The van der Waals surface area contributed by atoms with E-state index in [9.17, 15) is 4.79 Å². The molecule has 3 rings (SSSR count). The van der Waals surface area contributed by atoms with Crippen molar-refractivity contribution in [3.63, 3.8) is 0 Å². The third-order valence-electron chi connectivity index (χ3n) is 5.06. The quantitative estimate of drug-likeness (QED) is 0.568. The number of hydrogen-bond donors (Lipinski definition) is 1. The fourth-order valence-electron chi connectivity index (χ4n) is 3.49. The van der Waals surface area contributed by atoms with Crippen molar-refractivity contribution in [3.05, 3.63) is 102 Å². The van der Waals surface area contributed by atoms with E-state index in [1.165, 1.54) is 0 Å². The van der Waals surface area contributed by atoms with Crippen LogP contribution in [0, 0.1) is 5.92 Å². The van der Waals surface area contributed by atoms with Crippen LogP contribution >= 0.6 is 0 Å². The van der Waals surface area contributed by atoms with Crippen LogP contribution in [0.15, 0.2) is 91.0 Å². The van der Waals surface area contributed by atoms with Gasteiger partial charge < -0.3 is 5.32 Å². The van der Waals surface area contributed by atoms with Crippen molar-refractivity contribution in [2.75, 3.05) is 11.9 Å². The van der Waals surface area contributed by atoms with E-state index in [0.717, 1.165) is 16.8 Å². The highest BCUT2D eigenvalue weighted by Gasteiger charge is 2.43. The molecule has 0 bridgehead atoms. The molecular formula is C24H25NO. The molecule has 0 aromatic heterocycles. The average molecular weight is 343 g/mol. The lowest BCUT2D eigenvalue weighted by Gasteiger charge is -2.37. The first-order valence-corrected chi connectivity index (χ1v) is 9.09. The molecule has 3 aromatic carbocycles. The van der Waals surface area contributed by atoms with Gasteiger partial charge in [-0.05, 0) is 23.6 Å². The Balaban J connectivity index is 2.05. The molecule has 1 atom stereocenters. The molecule has 0 saturated carbocycles. The molecule has 0 heterocycles. The molecule has 2 nitrogen and oxygen atoms in total. The molecule has 0 amide bonds. The third-order valence-corrected chi connectivity index (χ3v) is 5.06. The maximum atomic E-state index is 13.7. The first kappa shape index (κ1) is 17.9. The van der Waals surface area contributed by atoms with E-state index in [1.807, 2.05) is 78.9 Å². The molecule has 0 unspecified atom stereocenters. The Kier molecular flexibility index (Phi) is 5.52. The molecule has 3 aromatic rings. The van der Waals surface area contributed by atoms with E-state index in [4.69, 9.17) is 0 Å². The monoisotopic (exact) mass is 343 g/mol. The van der Waals surface area contributed by atoms with Gasteiger partial charge in [-0.15, -0.1) is 0 Å². The summed E-state index contributed by atoms with van der Waals surface area (Å²) < 4.78 is 0. The molecule has 1 N–H and O–H groups in total. The zero-order valence-electron chi connectivity index (χ0n) is 15.4. The van der Waals surface area contributed by atoms with Crippen LogP contribution in [0.4, 0.5) is 5.69 Å². The summed E-state index contributed by atoms with van der Waals surface area (Å²) in [6.45, 7) is 4.80. The highest BCUT2D eigenvalue weighted by Crippen LogP contribution is 2.36. The average Bonchev–Trinajstić information content (AvgIpc) is 2.70. The first-order valence-electron chi connectivity index (χ1n) is 9.09. The van der Waals surface area contributed by atoms with Crippen molar-refractivity contribution in [1.82, 2.24) is 0 Å². The Hall–Kier alpha value is -2.87. The second-order valence-corrected chi connectivity index (χ2v) is 6.91. The topological polar surface area (TPSA) is 29.1 Å². The zero-order chi connectivity index (χ0) is 18.4. The largest absolute Gasteiger partial charge is 0.384 e. The number of ketones is 1. The van der Waals surface area contributed by atoms with Crippen LogP contribution in [0.2, 0.25) is 0 Å². The van der Waals surface area contributed by atoms with E-state index in [1.54, 1.807) is 0 Å².